The molecule has 8 nitrogen and oxygen atoms in total. The van der Waals surface area contributed by atoms with Crippen LogP contribution in [0.5, 0.6) is 28.7 Å². The van der Waals surface area contributed by atoms with Crippen molar-refractivity contribution in [3.05, 3.63) is 41.5 Å². The number of benzene rings is 2. The summed E-state index contributed by atoms with van der Waals surface area (Å²) in [6, 6.07) is 7.87. The molecular weight excluding hydrogens is 447 g/mol. The van der Waals surface area contributed by atoms with E-state index in [-0.39, 0.29) is 28.4 Å². The minimum Gasteiger partial charge on any atom is -0.497 e. The van der Waals surface area contributed by atoms with Gasteiger partial charge in [-0.2, -0.15) is 0 Å². The average Bonchev–Trinajstić information content (AvgIpc) is 3.37. The van der Waals surface area contributed by atoms with E-state index in [4.69, 9.17) is 23.7 Å². The zero-order valence-electron chi connectivity index (χ0n) is 19.4. The van der Waals surface area contributed by atoms with Crippen molar-refractivity contribution in [3.63, 3.8) is 0 Å². The van der Waals surface area contributed by atoms with Gasteiger partial charge in [0.15, 0.2) is 13.6 Å². The van der Waals surface area contributed by atoms with Crippen LogP contribution in [0.1, 0.15) is 46.4 Å². The SMILES string of the molecule is COc1ccc(C(=O)C2([P](=O)C(=O)c3c(OC)cc(OC)cc3OC)CCCC2)c(OC)c1. The van der Waals surface area contributed by atoms with Gasteiger partial charge < -0.3 is 23.7 Å². The van der Waals surface area contributed by atoms with Gasteiger partial charge in [-0.3, -0.25) is 14.2 Å². The molecule has 0 aromatic heterocycles. The van der Waals surface area contributed by atoms with Gasteiger partial charge in [0.1, 0.15) is 39.5 Å². The molecule has 33 heavy (non-hydrogen) atoms. The van der Waals surface area contributed by atoms with Gasteiger partial charge in [-0.05, 0) is 25.0 Å². The zero-order valence-corrected chi connectivity index (χ0v) is 20.3. The standard InChI is InChI=1S/C24H28O8P/c1-28-15-8-9-17(18(12-15)30-3)22(25)24(10-6-7-11-24)33(27)23(26)21-19(31-4)13-16(29-2)14-20(21)32-5/h8-9,12-14H,6-7,10-11H2,1-5H3. The fourth-order valence-electron chi connectivity index (χ4n) is 4.23. The van der Waals surface area contributed by atoms with Gasteiger partial charge in [0.05, 0.1) is 41.1 Å². The molecule has 1 aliphatic carbocycles. The predicted molar refractivity (Wildman–Crippen MR) is 123 cm³/mol. The van der Waals surface area contributed by atoms with Gasteiger partial charge in [0.25, 0.3) is 0 Å². The monoisotopic (exact) mass is 475 g/mol. The Morgan fingerprint density at radius 3 is 1.76 bits per heavy atom. The van der Waals surface area contributed by atoms with E-state index in [0.29, 0.717) is 42.9 Å². The lowest BCUT2D eigenvalue weighted by molar-refractivity contribution is 0.0927. The van der Waals surface area contributed by atoms with Crippen molar-refractivity contribution in [1.82, 2.24) is 0 Å². The Balaban J connectivity index is 2.09. The van der Waals surface area contributed by atoms with Crippen molar-refractivity contribution in [2.45, 2.75) is 30.8 Å². The molecule has 3 rings (SSSR count). The van der Waals surface area contributed by atoms with Crippen LogP contribution in [0.3, 0.4) is 0 Å². The minimum atomic E-state index is -2.68. The lowest BCUT2D eigenvalue weighted by Gasteiger charge is -2.27. The molecule has 0 aliphatic heterocycles. The maximum atomic E-state index is 13.9. The maximum absolute atomic E-state index is 13.9. The second-order valence-corrected chi connectivity index (χ2v) is 9.49. The van der Waals surface area contributed by atoms with E-state index in [9.17, 15) is 14.2 Å². The molecule has 2 aromatic carbocycles. The summed E-state index contributed by atoms with van der Waals surface area (Å²) in [5, 5.41) is -1.34. The second-order valence-electron chi connectivity index (χ2n) is 7.64. The van der Waals surface area contributed by atoms with E-state index < -0.39 is 18.5 Å². The zero-order chi connectivity index (χ0) is 24.2. The summed E-state index contributed by atoms with van der Waals surface area (Å²) < 4.78 is 40.5. The first-order chi connectivity index (χ1) is 15.9. The van der Waals surface area contributed by atoms with Crippen molar-refractivity contribution in [1.29, 1.82) is 0 Å². The largest absolute Gasteiger partial charge is 0.497 e. The molecule has 0 saturated heterocycles. The minimum absolute atomic E-state index is 0.0303. The molecule has 1 radical (unpaired) electrons. The molecule has 1 unspecified atom stereocenters. The molecule has 0 heterocycles. The van der Waals surface area contributed by atoms with Crippen LogP contribution in [0.15, 0.2) is 30.3 Å². The van der Waals surface area contributed by atoms with Gasteiger partial charge in [-0.15, -0.1) is 0 Å². The van der Waals surface area contributed by atoms with E-state index >= 15 is 0 Å². The molecule has 0 N–H and O–H groups in total. The molecule has 0 bridgehead atoms. The van der Waals surface area contributed by atoms with Gasteiger partial charge in [-0.25, -0.2) is 0 Å². The molecule has 0 spiro atoms. The first-order valence-electron chi connectivity index (χ1n) is 10.4. The maximum Gasteiger partial charge on any atom is 0.250 e. The molecule has 1 atom stereocenters. The number of ketones is 1. The van der Waals surface area contributed by atoms with Crippen LogP contribution in [0.25, 0.3) is 0 Å². The number of carbonyl (C=O) groups excluding carboxylic acids is 2. The Kier molecular flexibility index (Phi) is 7.59. The fraction of sp³-hybridized carbons (Fsp3) is 0.417. The van der Waals surface area contributed by atoms with Gasteiger partial charge >= 0.3 is 0 Å². The third-order valence-corrected chi connectivity index (χ3v) is 8.03. The van der Waals surface area contributed by atoms with E-state index in [1.54, 1.807) is 18.2 Å². The predicted octanol–water partition coefficient (Wildman–Crippen LogP) is 4.89. The number of hydrogen-bond acceptors (Lipinski definition) is 8. The van der Waals surface area contributed by atoms with Crippen molar-refractivity contribution < 1.29 is 37.8 Å². The first-order valence-corrected chi connectivity index (χ1v) is 11.7. The number of rotatable bonds is 10. The fourth-order valence-corrected chi connectivity index (χ4v) is 6.07. The van der Waals surface area contributed by atoms with Gasteiger partial charge in [0.2, 0.25) is 5.52 Å². The molecule has 0 amide bonds. The van der Waals surface area contributed by atoms with Crippen LogP contribution >= 0.6 is 7.80 Å². The molecule has 9 heteroatoms. The normalized spacial score (nSPS) is 14.9. The summed E-state index contributed by atoms with van der Waals surface area (Å²) in [4.78, 5) is 27.4. The number of methoxy groups -OCH3 is 5. The highest BCUT2D eigenvalue weighted by molar-refractivity contribution is 7.67. The number of Topliss-reactive ketones (excluding diaryl/α,β-unsaturated/α-hetero) is 1. The van der Waals surface area contributed by atoms with E-state index in [1.807, 2.05) is 0 Å². The summed E-state index contributed by atoms with van der Waals surface area (Å²) in [6.45, 7) is 0. The second kappa shape index (κ2) is 10.2. The summed E-state index contributed by atoms with van der Waals surface area (Å²) in [7, 11) is 4.56. The Bertz CT molecular complexity index is 1050. The number of ether oxygens (including phenoxy) is 5. The summed E-state index contributed by atoms with van der Waals surface area (Å²) in [5.74, 6) is 1.22. The molecule has 1 saturated carbocycles. The highest BCUT2D eigenvalue weighted by Crippen LogP contribution is 2.56. The number of carbonyl (C=O) groups is 2. The van der Waals surface area contributed by atoms with Crippen molar-refractivity contribution in [2.24, 2.45) is 0 Å². The molecular formula is C24H28O8P. The topological polar surface area (TPSA) is 97.4 Å². The average molecular weight is 475 g/mol. The van der Waals surface area contributed by atoms with Crippen molar-refractivity contribution >= 4 is 19.1 Å². The van der Waals surface area contributed by atoms with Crippen LogP contribution in [0.4, 0.5) is 0 Å². The first kappa shape index (κ1) is 24.5. The third kappa shape index (κ3) is 4.40. The van der Waals surface area contributed by atoms with Gasteiger partial charge in [-0.1, -0.05) is 12.8 Å². The van der Waals surface area contributed by atoms with Crippen LogP contribution in [-0.2, 0) is 4.57 Å². The van der Waals surface area contributed by atoms with E-state index in [2.05, 4.69) is 0 Å². The third-order valence-electron chi connectivity index (χ3n) is 6.01. The van der Waals surface area contributed by atoms with Gasteiger partial charge in [0, 0.05) is 18.2 Å². The Morgan fingerprint density at radius 2 is 1.27 bits per heavy atom. The molecule has 1 aliphatic rings. The number of hydrogen-bond donors (Lipinski definition) is 0. The lowest BCUT2D eigenvalue weighted by Crippen LogP contribution is -2.34. The van der Waals surface area contributed by atoms with Crippen LogP contribution in [0, 0.1) is 0 Å². The molecule has 2 aromatic rings. The van der Waals surface area contributed by atoms with Crippen LogP contribution < -0.4 is 23.7 Å². The van der Waals surface area contributed by atoms with Crippen LogP contribution in [-0.4, -0.2) is 52.0 Å². The highest BCUT2D eigenvalue weighted by atomic mass is 31.1. The Hall–Kier alpha value is -3.12. The van der Waals surface area contributed by atoms with Crippen molar-refractivity contribution in [3.8, 4) is 28.7 Å². The van der Waals surface area contributed by atoms with Crippen molar-refractivity contribution in [2.75, 3.05) is 35.5 Å². The van der Waals surface area contributed by atoms with E-state index in [0.717, 1.165) is 0 Å². The Labute approximate surface area is 193 Å². The summed E-state index contributed by atoms with van der Waals surface area (Å²) in [5.41, 5.74) is -0.392. The van der Waals surface area contributed by atoms with E-state index in [1.165, 1.54) is 47.7 Å². The van der Waals surface area contributed by atoms with Crippen LogP contribution in [0.2, 0.25) is 0 Å². The Morgan fingerprint density at radius 1 is 0.758 bits per heavy atom. The summed E-state index contributed by atoms with van der Waals surface area (Å²) >= 11 is 0. The smallest absolute Gasteiger partial charge is 0.250 e. The summed E-state index contributed by atoms with van der Waals surface area (Å²) in [6.07, 6.45) is 2.05. The lowest BCUT2D eigenvalue weighted by atomic mass is 9.94. The molecule has 1 fully saturated rings. The quantitative estimate of drug-likeness (QED) is 0.354. The highest BCUT2D eigenvalue weighted by Gasteiger charge is 2.51. The molecule has 177 valence electrons.